The van der Waals surface area contributed by atoms with E-state index in [4.69, 9.17) is 55.9 Å². The van der Waals surface area contributed by atoms with Crippen LogP contribution >= 0.6 is 46.4 Å². The molecule has 3 aromatic carbocycles. The Labute approximate surface area is 313 Å². The molecule has 3 atom stereocenters. The van der Waals surface area contributed by atoms with E-state index in [1.54, 1.807) is 6.07 Å². The zero-order valence-electron chi connectivity index (χ0n) is 27.8. The van der Waals surface area contributed by atoms with E-state index in [9.17, 15) is 9.59 Å². The minimum absolute atomic E-state index is 0.0663. The van der Waals surface area contributed by atoms with Crippen molar-refractivity contribution in [1.82, 2.24) is 15.5 Å². The number of hydrogen-bond acceptors (Lipinski definition) is 7. The van der Waals surface area contributed by atoms with Crippen molar-refractivity contribution in [1.29, 1.82) is 0 Å². The number of esters is 1. The first-order chi connectivity index (χ1) is 24.1. The van der Waals surface area contributed by atoms with Crippen molar-refractivity contribution in [2.45, 2.75) is 69.8 Å². The first-order valence-electron chi connectivity index (χ1n) is 17.2. The van der Waals surface area contributed by atoms with Gasteiger partial charge in [-0.2, -0.15) is 0 Å². The maximum atomic E-state index is 14.5. The minimum Gasteiger partial charge on any atom is -0.485 e. The number of halogens is 4. The van der Waals surface area contributed by atoms with Gasteiger partial charge in [0.05, 0.1) is 39.3 Å². The van der Waals surface area contributed by atoms with Crippen LogP contribution in [0.5, 0.6) is 5.75 Å². The molecule has 8 nitrogen and oxygen atoms in total. The van der Waals surface area contributed by atoms with E-state index in [0.717, 1.165) is 72.3 Å². The quantitative estimate of drug-likeness (QED) is 0.198. The second kappa shape index (κ2) is 15.3. The SMILES string of the molecule is CC(=O)OCCc1cc(Cl)c(O[C@H]2CCN(c3ccc(C4=C(C(=O)N(Cc5cccc(Cl)c5Cl)C5CC5)[C@@H]5CNC[C@H](C4)N5)cc3)C2)c(Cl)c1. The van der Waals surface area contributed by atoms with Gasteiger partial charge in [-0.05, 0) is 71.9 Å². The van der Waals surface area contributed by atoms with Gasteiger partial charge in [0.1, 0.15) is 6.10 Å². The summed E-state index contributed by atoms with van der Waals surface area (Å²) in [6.45, 7) is 5.16. The third-order valence-corrected chi connectivity index (χ3v) is 11.3. The number of amides is 1. The summed E-state index contributed by atoms with van der Waals surface area (Å²) in [6.07, 6.45) is 4.00. The standard InChI is InChI=1S/C38H40Cl4N4O4/c1-22(47)49-14-12-23-15-32(40)37(33(41)16-23)50-29-11-13-45(21-29)27-7-5-24(6-8-27)30-17-26-18-43-19-34(44-26)35(30)38(48)46(28-9-10-28)20-25-3-2-4-31(39)36(25)42/h2-8,15-16,26,28-29,34,43-44H,9-14,17-21H2,1H3/t26-,29-,34-/m0/s1. The summed E-state index contributed by atoms with van der Waals surface area (Å²) < 4.78 is 11.4. The summed E-state index contributed by atoms with van der Waals surface area (Å²) in [4.78, 5) is 29.9. The molecule has 1 saturated carbocycles. The Morgan fingerprint density at radius 3 is 2.44 bits per heavy atom. The maximum absolute atomic E-state index is 14.5. The Balaban J connectivity index is 1.07. The number of piperazine rings is 1. The van der Waals surface area contributed by atoms with Crippen LogP contribution in [0.1, 0.15) is 49.3 Å². The molecule has 3 aromatic rings. The molecule has 0 aromatic heterocycles. The van der Waals surface area contributed by atoms with E-state index in [-0.39, 0.29) is 42.7 Å². The lowest BCUT2D eigenvalue weighted by molar-refractivity contribution is -0.140. The molecule has 0 spiro atoms. The summed E-state index contributed by atoms with van der Waals surface area (Å²) in [5.74, 6) is 0.217. The van der Waals surface area contributed by atoms with E-state index in [0.29, 0.717) is 51.9 Å². The van der Waals surface area contributed by atoms with Crippen LogP contribution in [-0.4, -0.2) is 73.8 Å². The Hall–Kier alpha value is -2.98. The van der Waals surface area contributed by atoms with Crippen LogP contribution in [0, 0.1) is 0 Å². The van der Waals surface area contributed by atoms with Gasteiger partial charge in [0.25, 0.3) is 5.91 Å². The zero-order chi connectivity index (χ0) is 34.9. The number of nitrogens with one attached hydrogen (secondary N) is 2. The minimum atomic E-state index is -0.321. The molecule has 0 radical (unpaired) electrons. The summed E-state index contributed by atoms with van der Waals surface area (Å²) in [5.41, 5.74) is 5.86. The largest absolute Gasteiger partial charge is 0.485 e. The van der Waals surface area contributed by atoms with Crippen molar-refractivity contribution in [3.63, 3.8) is 0 Å². The van der Waals surface area contributed by atoms with Crippen molar-refractivity contribution >= 4 is 69.5 Å². The molecule has 3 aliphatic heterocycles. The molecular weight excluding hydrogens is 718 g/mol. The average molecular weight is 759 g/mol. The van der Waals surface area contributed by atoms with Gasteiger partial charge in [-0.3, -0.25) is 9.59 Å². The molecule has 7 rings (SSSR count). The van der Waals surface area contributed by atoms with Gasteiger partial charge in [0.15, 0.2) is 5.75 Å². The number of fused-ring (bicyclic) bond motifs is 2. The van der Waals surface area contributed by atoms with Crippen LogP contribution in [0.2, 0.25) is 20.1 Å². The number of carbonyl (C=O) groups excluding carboxylic acids is 2. The van der Waals surface area contributed by atoms with E-state index in [2.05, 4.69) is 39.8 Å². The number of carbonyl (C=O) groups is 2. The molecule has 1 aliphatic carbocycles. The van der Waals surface area contributed by atoms with Crippen LogP contribution in [0.25, 0.3) is 5.57 Å². The fraction of sp³-hybridized carbons (Fsp3) is 0.421. The molecule has 2 saturated heterocycles. The van der Waals surface area contributed by atoms with Gasteiger partial charge in [-0.25, -0.2) is 0 Å². The fourth-order valence-corrected chi connectivity index (χ4v) is 8.28. The van der Waals surface area contributed by atoms with Crippen molar-refractivity contribution < 1.29 is 19.1 Å². The number of hydrogen-bond donors (Lipinski definition) is 2. The predicted molar refractivity (Wildman–Crippen MR) is 200 cm³/mol. The lowest BCUT2D eigenvalue weighted by atomic mass is 9.83. The number of rotatable bonds is 11. The van der Waals surface area contributed by atoms with E-state index in [1.165, 1.54) is 6.92 Å². The van der Waals surface area contributed by atoms with Crippen LogP contribution in [0.15, 0.2) is 60.2 Å². The first-order valence-corrected chi connectivity index (χ1v) is 18.7. The monoisotopic (exact) mass is 756 g/mol. The molecular formula is C38H40Cl4N4O4. The molecule has 2 bridgehead atoms. The third-order valence-electron chi connectivity index (χ3n) is 9.92. The van der Waals surface area contributed by atoms with Crippen molar-refractivity contribution in [2.75, 3.05) is 37.7 Å². The molecule has 3 heterocycles. The Bertz CT molecular complexity index is 1770. The highest BCUT2D eigenvalue weighted by atomic mass is 35.5. The fourth-order valence-electron chi connectivity index (χ4n) is 7.28. The number of nitrogens with zero attached hydrogens (tertiary/aromatic N) is 2. The van der Waals surface area contributed by atoms with E-state index < -0.39 is 0 Å². The normalized spacial score (nSPS) is 21.7. The summed E-state index contributed by atoms with van der Waals surface area (Å²) in [5, 5.41) is 9.12. The van der Waals surface area contributed by atoms with E-state index >= 15 is 0 Å². The topological polar surface area (TPSA) is 83.1 Å². The number of anilines is 1. The van der Waals surface area contributed by atoms with Crippen molar-refractivity contribution in [2.24, 2.45) is 0 Å². The predicted octanol–water partition coefficient (Wildman–Crippen LogP) is 7.34. The van der Waals surface area contributed by atoms with Gasteiger partial charge in [-0.15, -0.1) is 0 Å². The molecule has 4 aliphatic rings. The second-order valence-electron chi connectivity index (χ2n) is 13.5. The summed E-state index contributed by atoms with van der Waals surface area (Å²) >= 11 is 26.1. The van der Waals surface area contributed by atoms with Gasteiger partial charge < -0.3 is 29.9 Å². The Morgan fingerprint density at radius 1 is 0.960 bits per heavy atom. The first kappa shape index (κ1) is 35.4. The van der Waals surface area contributed by atoms with Crippen molar-refractivity contribution in [3.05, 3.63) is 97.0 Å². The van der Waals surface area contributed by atoms with Gasteiger partial charge >= 0.3 is 5.97 Å². The van der Waals surface area contributed by atoms with Gasteiger partial charge in [0, 0.05) is 69.3 Å². The summed E-state index contributed by atoms with van der Waals surface area (Å²) in [7, 11) is 0. The lowest BCUT2D eigenvalue weighted by Crippen LogP contribution is -2.60. The highest BCUT2D eigenvalue weighted by Gasteiger charge is 2.41. The van der Waals surface area contributed by atoms with Crippen LogP contribution in [0.3, 0.4) is 0 Å². The Kier molecular flexibility index (Phi) is 10.9. The van der Waals surface area contributed by atoms with Crippen molar-refractivity contribution in [3.8, 4) is 5.75 Å². The number of ether oxygens (including phenoxy) is 2. The van der Waals surface area contributed by atoms with Crippen LogP contribution in [-0.2, 0) is 27.3 Å². The maximum Gasteiger partial charge on any atom is 0.302 e. The molecule has 50 heavy (non-hydrogen) atoms. The summed E-state index contributed by atoms with van der Waals surface area (Å²) in [6, 6.07) is 18.2. The highest BCUT2D eigenvalue weighted by molar-refractivity contribution is 6.42. The molecule has 1 amide bonds. The van der Waals surface area contributed by atoms with Gasteiger partial charge in [-0.1, -0.05) is 70.7 Å². The average Bonchev–Trinajstić information content (AvgIpc) is 3.83. The zero-order valence-corrected chi connectivity index (χ0v) is 30.8. The molecule has 0 unspecified atom stereocenters. The molecule has 264 valence electrons. The molecule has 12 heteroatoms. The number of benzene rings is 3. The lowest BCUT2D eigenvalue weighted by Gasteiger charge is -2.41. The molecule has 3 fully saturated rings. The van der Waals surface area contributed by atoms with Crippen LogP contribution < -0.4 is 20.3 Å². The smallest absolute Gasteiger partial charge is 0.302 e. The van der Waals surface area contributed by atoms with Gasteiger partial charge in [0.2, 0.25) is 0 Å². The second-order valence-corrected chi connectivity index (χ2v) is 15.1. The highest BCUT2D eigenvalue weighted by Crippen LogP contribution is 2.39. The van der Waals surface area contributed by atoms with Crippen LogP contribution in [0.4, 0.5) is 5.69 Å². The third kappa shape index (κ3) is 7.91. The Morgan fingerprint density at radius 2 is 1.72 bits per heavy atom. The van der Waals surface area contributed by atoms with E-state index in [1.807, 2.05) is 29.2 Å². The molecule has 2 N–H and O–H groups in total.